The third-order valence-electron chi connectivity index (χ3n) is 2.24. The fourth-order valence-corrected chi connectivity index (χ4v) is 1.27. The van der Waals surface area contributed by atoms with Crippen molar-refractivity contribution in [2.75, 3.05) is 0 Å². The van der Waals surface area contributed by atoms with Gasteiger partial charge in [-0.2, -0.15) is 13.2 Å². The summed E-state index contributed by atoms with van der Waals surface area (Å²) in [6.07, 6.45) is -5.46. The number of carbonyl (C=O) groups excluding carboxylic acids is 1. The van der Waals surface area contributed by atoms with E-state index in [9.17, 15) is 22.8 Å². The van der Waals surface area contributed by atoms with Crippen LogP contribution in [0.5, 0.6) is 0 Å². The van der Waals surface area contributed by atoms with Gasteiger partial charge in [0.25, 0.3) is 0 Å². The maximum Gasteiger partial charge on any atom is 0.392 e. The van der Waals surface area contributed by atoms with Crippen LogP contribution in [0.4, 0.5) is 13.2 Å². The second-order valence-electron chi connectivity index (χ2n) is 5.07. The fourth-order valence-electron chi connectivity index (χ4n) is 1.27. The Morgan fingerprint density at radius 2 is 1.67 bits per heavy atom. The SMILES string of the molecule is CC([C@H](CC(=O)OC(C)(C)C)C(=O)O)C(F)(F)F. The number of alkyl halides is 3. The molecule has 18 heavy (non-hydrogen) atoms. The quantitative estimate of drug-likeness (QED) is 0.797. The monoisotopic (exact) mass is 270 g/mol. The first kappa shape index (κ1) is 16.7. The van der Waals surface area contributed by atoms with E-state index >= 15 is 0 Å². The number of halogens is 3. The highest BCUT2D eigenvalue weighted by Gasteiger charge is 2.45. The van der Waals surface area contributed by atoms with E-state index in [1.807, 2.05) is 0 Å². The Morgan fingerprint density at radius 1 is 1.22 bits per heavy atom. The molecule has 0 aliphatic carbocycles. The maximum absolute atomic E-state index is 12.4. The lowest BCUT2D eigenvalue weighted by Crippen LogP contribution is -2.36. The molecule has 0 rings (SSSR count). The number of aliphatic carboxylic acids is 1. The van der Waals surface area contributed by atoms with Crippen LogP contribution in [0.3, 0.4) is 0 Å². The Morgan fingerprint density at radius 3 is 1.94 bits per heavy atom. The summed E-state index contributed by atoms with van der Waals surface area (Å²) in [6, 6.07) is 0. The molecule has 0 saturated heterocycles. The van der Waals surface area contributed by atoms with Gasteiger partial charge in [0.1, 0.15) is 5.60 Å². The molecule has 0 radical (unpaired) electrons. The number of esters is 1. The standard InChI is InChI=1S/C11H17F3O4/c1-6(11(12,13)14)7(9(16)17)5-8(15)18-10(2,3)4/h6-7H,5H2,1-4H3,(H,16,17)/t6?,7-/m0/s1. The highest BCUT2D eigenvalue weighted by molar-refractivity contribution is 5.79. The summed E-state index contributed by atoms with van der Waals surface area (Å²) in [7, 11) is 0. The molecule has 0 fully saturated rings. The van der Waals surface area contributed by atoms with Crippen molar-refractivity contribution >= 4 is 11.9 Å². The molecule has 1 N–H and O–H groups in total. The zero-order chi connectivity index (χ0) is 14.7. The molecule has 1 unspecified atom stereocenters. The molecule has 0 saturated carbocycles. The Kier molecular flexibility index (Phi) is 5.19. The summed E-state index contributed by atoms with van der Waals surface area (Å²) in [5.41, 5.74) is -0.860. The predicted octanol–water partition coefficient (Wildman–Crippen LogP) is 2.62. The van der Waals surface area contributed by atoms with Crippen LogP contribution in [0.2, 0.25) is 0 Å². The molecule has 0 aromatic heterocycles. The van der Waals surface area contributed by atoms with Gasteiger partial charge in [0.2, 0.25) is 0 Å². The van der Waals surface area contributed by atoms with E-state index in [1.165, 1.54) is 0 Å². The lowest BCUT2D eigenvalue weighted by molar-refractivity contribution is -0.195. The van der Waals surface area contributed by atoms with Crippen molar-refractivity contribution in [3.05, 3.63) is 0 Å². The van der Waals surface area contributed by atoms with E-state index < -0.39 is 42.0 Å². The summed E-state index contributed by atoms with van der Waals surface area (Å²) in [5, 5.41) is 8.75. The van der Waals surface area contributed by atoms with Crippen molar-refractivity contribution in [2.24, 2.45) is 11.8 Å². The average molecular weight is 270 g/mol. The Hall–Kier alpha value is -1.27. The van der Waals surface area contributed by atoms with Gasteiger partial charge < -0.3 is 9.84 Å². The molecule has 106 valence electrons. The average Bonchev–Trinajstić information content (AvgIpc) is 2.08. The zero-order valence-electron chi connectivity index (χ0n) is 10.7. The second kappa shape index (κ2) is 5.58. The molecule has 4 nitrogen and oxygen atoms in total. The van der Waals surface area contributed by atoms with Crippen LogP contribution >= 0.6 is 0 Å². The van der Waals surface area contributed by atoms with Gasteiger partial charge in [-0.3, -0.25) is 9.59 Å². The maximum atomic E-state index is 12.4. The number of hydrogen-bond acceptors (Lipinski definition) is 3. The topological polar surface area (TPSA) is 63.6 Å². The summed E-state index contributed by atoms with van der Waals surface area (Å²) in [4.78, 5) is 22.1. The summed E-state index contributed by atoms with van der Waals surface area (Å²) in [5.74, 6) is -6.56. The van der Waals surface area contributed by atoms with Gasteiger partial charge in [-0.1, -0.05) is 6.92 Å². The molecule has 0 aliphatic heterocycles. The van der Waals surface area contributed by atoms with Crippen molar-refractivity contribution in [1.29, 1.82) is 0 Å². The molecule has 0 heterocycles. The third-order valence-corrected chi connectivity index (χ3v) is 2.24. The lowest BCUT2D eigenvalue weighted by atomic mass is 9.90. The molecule has 0 aromatic carbocycles. The zero-order valence-corrected chi connectivity index (χ0v) is 10.7. The Bertz CT molecular complexity index is 317. The predicted molar refractivity (Wildman–Crippen MR) is 56.8 cm³/mol. The smallest absolute Gasteiger partial charge is 0.392 e. The van der Waals surface area contributed by atoms with E-state index in [0.717, 1.165) is 6.92 Å². The summed E-state index contributed by atoms with van der Waals surface area (Å²) >= 11 is 0. The van der Waals surface area contributed by atoms with Crippen LogP contribution in [0.25, 0.3) is 0 Å². The number of carboxylic acids is 1. The minimum absolute atomic E-state index is 0.739. The molecule has 7 heteroatoms. The van der Waals surface area contributed by atoms with Gasteiger partial charge in [-0.15, -0.1) is 0 Å². The highest BCUT2D eigenvalue weighted by atomic mass is 19.4. The molecule has 0 aromatic rings. The summed E-state index contributed by atoms with van der Waals surface area (Å²) in [6.45, 7) is 5.39. The minimum atomic E-state index is -4.66. The number of carbonyl (C=O) groups is 2. The van der Waals surface area contributed by atoms with Crippen LogP contribution < -0.4 is 0 Å². The molecule has 0 bridgehead atoms. The van der Waals surface area contributed by atoms with Crippen molar-refractivity contribution < 1.29 is 32.6 Å². The van der Waals surface area contributed by atoms with E-state index in [1.54, 1.807) is 20.8 Å². The van der Waals surface area contributed by atoms with Crippen molar-refractivity contribution in [2.45, 2.75) is 45.9 Å². The first-order valence-corrected chi connectivity index (χ1v) is 5.36. The lowest BCUT2D eigenvalue weighted by Gasteiger charge is -2.24. The van der Waals surface area contributed by atoms with Gasteiger partial charge in [0.05, 0.1) is 18.3 Å². The van der Waals surface area contributed by atoms with Crippen LogP contribution in [0.1, 0.15) is 34.1 Å². The fraction of sp³-hybridized carbons (Fsp3) is 0.818. The molecule has 0 spiro atoms. The number of rotatable bonds is 4. The largest absolute Gasteiger partial charge is 0.481 e. The molecule has 0 aliphatic rings. The van der Waals surface area contributed by atoms with Gasteiger partial charge in [-0.25, -0.2) is 0 Å². The number of ether oxygens (including phenoxy) is 1. The highest BCUT2D eigenvalue weighted by Crippen LogP contribution is 2.33. The molecular formula is C11H17F3O4. The van der Waals surface area contributed by atoms with Crippen LogP contribution in [0, 0.1) is 11.8 Å². The van der Waals surface area contributed by atoms with Gasteiger partial charge in [0.15, 0.2) is 0 Å². The first-order valence-electron chi connectivity index (χ1n) is 5.36. The van der Waals surface area contributed by atoms with Gasteiger partial charge >= 0.3 is 18.1 Å². The van der Waals surface area contributed by atoms with Crippen molar-refractivity contribution in [3.8, 4) is 0 Å². The van der Waals surface area contributed by atoms with Crippen LogP contribution in [-0.4, -0.2) is 28.8 Å². The summed E-state index contributed by atoms with van der Waals surface area (Å²) < 4.78 is 42.1. The Balaban J connectivity index is 4.76. The molecule has 0 amide bonds. The van der Waals surface area contributed by atoms with Crippen molar-refractivity contribution in [1.82, 2.24) is 0 Å². The molecular weight excluding hydrogens is 253 g/mol. The normalized spacial score (nSPS) is 15.9. The number of hydrogen-bond donors (Lipinski definition) is 1. The van der Waals surface area contributed by atoms with Crippen molar-refractivity contribution in [3.63, 3.8) is 0 Å². The van der Waals surface area contributed by atoms with E-state index in [4.69, 9.17) is 9.84 Å². The van der Waals surface area contributed by atoms with Crippen LogP contribution in [0.15, 0.2) is 0 Å². The van der Waals surface area contributed by atoms with Crippen LogP contribution in [-0.2, 0) is 14.3 Å². The Labute approximate surface area is 103 Å². The van der Waals surface area contributed by atoms with E-state index in [-0.39, 0.29) is 0 Å². The second-order valence-corrected chi connectivity index (χ2v) is 5.07. The van der Waals surface area contributed by atoms with Gasteiger partial charge in [-0.05, 0) is 20.8 Å². The number of carboxylic acid groups (broad SMARTS) is 1. The minimum Gasteiger partial charge on any atom is -0.481 e. The van der Waals surface area contributed by atoms with Gasteiger partial charge in [0, 0.05) is 0 Å². The third kappa shape index (κ3) is 5.88. The van der Waals surface area contributed by atoms with E-state index in [2.05, 4.69) is 0 Å². The first-order chi connectivity index (χ1) is 7.84. The molecule has 2 atom stereocenters. The van der Waals surface area contributed by atoms with E-state index in [0.29, 0.717) is 0 Å².